The van der Waals surface area contributed by atoms with E-state index in [4.69, 9.17) is 4.74 Å². The molecule has 0 aromatic heterocycles. The van der Waals surface area contributed by atoms with Crippen molar-refractivity contribution >= 4 is 11.6 Å². The van der Waals surface area contributed by atoms with Crippen molar-refractivity contribution in [3.05, 3.63) is 132 Å². The molecule has 4 aromatic rings. The number of benzene rings is 4. The maximum absolute atomic E-state index is 14.1. The van der Waals surface area contributed by atoms with Crippen molar-refractivity contribution in [2.24, 2.45) is 0 Å². The Morgan fingerprint density at radius 1 is 0.719 bits per heavy atom. The Balaban J connectivity index is 1.80. The van der Waals surface area contributed by atoms with E-state index in [1.165, 1.54) is 0 Å². The van der Waals surface area contributed by atoms with Crippen LogP contribution in [-0.4, -0.2) is 12.5 Å². The van der Waals surface area contributed by atoms with Gasteiger partial charge in [0.25, 0.3) is 0 Å². The molecule has 3 nitrogen and oxygen atoms in total. The normalized spacial score (nSPS) is 11.0. The first kappa shape index (κ1) is 21.4. The van der Waals surface area contributed by atoms with E-state index < -0.39 is 5.41 Å². The van der Waals surface area contributed by atoms with Gasteiger partial charge in [0.2, 0.25) is 5.91 Å². The molecule has 3 heteroatoms. The Bertz CT molecular complexity index is 1080. The molecule has 0 aliphatic carbocycles. The van der Waals surface area contributed by atoms with E-state index in [2.05, 4.69) is 17.4 Å². The van der Waals surface area contributed by atoms with E-state index in [0.29, 0.717) is 13.0 Å². The highest BCUT2D eigenvalue weighted by atomic mass is 16.5. The second kappa shape index (κ2) is 9.97. The smallest absolute Gasteiger partial charge is 0.239 e. The van der Waals surface area contributed by atoms with Crippen molar-refractivity contribution in [2.45, 2.75) is 18.8 Å². The van der Waals surface area contributed by atoms with Crippen molar-refractivity contribution < 1.29 is 9.53 Å². The van der Waals surface area contributed by atoms with Crippen molar-refractivity contribution in [1.82, 2.24) is 0 Å². The Hall–Kier alpha value is -3.85. The van der Waals surface area contributed by atoms with Crippen LogP contribution in [-0.2, 0) is 16.6 Å². The largest absolute Gasteiger partial charge is 0.494 e. The third-order valence-electron chi connectivity index (χ3n) is 5.66. The molecule has 0 bridgehead atoms. The maximum Gasteiger partial charge on any atom is 0.239 e. The summed E-state index contributed by atoms with van der Waals surface area (Å²) in [5.41, 5.74) is 2.87. The van der Waals surface area contributed by atoms with Gasteiger partial charge in [-0.05, 0) is 54.3 Å². The molecule has 0 aliphatic rings. The number of nitrogens with one attached hydrogen (secondary N) is 1. The SMILES string of the molecule is CCOc1ccc(NC(=O)C(Cc2ccccc2)(c2ccccc2)c2ccccc2)cc1. The molecule has 0 radical (unpaired) electrons. The highest BCUT2D eigenvalue weighted by Crippen LogP contribution is 2.37. The summed E-state index contributed by atoms with van der Waals surface area (Å²) in [5, 5.41) is 3.17. The lowest BCUT2D eigenvalue weighted by Crippen LogP contribution is -2.43. The maximum atomic E-state index is 14.1. The number of anilines is 1. The van der Waals surface area contributed by atoms with Gasteiger partial charge < -0.3 is 10.1 Å². The number of carbonyl (C=O) groups excluding carboxylic acids is 1. The quantitative estimate of drug-likeness (QED) is 0.365. The molecule has 0 heterocycles. The first-order valence-corrected chi connectivity index (χ1v) is 10.9. The van der Waals surface area contributed by atoms with E-state index in [-0.39, 0.29) is 5.91 Å². The molecule has 0 spiro atoms. The predicted octanol–water partition coefficient (Wildman–Crippen LogP) is 6.25. The number of amides is 1. The van der Waals surface area contributed by atoms with Gasteiger partial charge in [0.15, 0.2) is 0 Å². The molecule has 32 heavy (non-hydrogen) atoms. The van der Waals surface area contributed by atoms with Gasteiger partial charge in [-0.1, -0.05) is 91.0 Å². The van der Waals surface area contributed by atoms with Crippen LogP contribution in [0.5, 0.6) is 5.75 Å². The van der Waals surface area contributed by atoms with Crippen LogP contribution in [0.1, 0.15) is 23.6 Å². The summed E-state index contributed by atoms with van der Waals surface area (Å²) in [6, 6.07) is 37.7. The van der Waals surface area contributed by atoms with E-state index in [9.17, 15) is 4.79 Å². The van der Waals surface area contributed by atoms with Gasteiger partial charge in [-0.3, -0.25) is 4.79 Å². The van der Waals surface area contributed by atoms with Crippen molar-refractivity contribution in [2.75, 3.05) is 11.9 Å². The predicted molar refractivity (Wildman–Crippen MR) is 130 cm³/mol. The molecule has 0 atom stereocenters. The number of ether oxygens (including phenoxy) is 1. The molecule has 4 aromatic carbocycles. The molecule has 1 N–H and O–H groups in total. The fraction of sp³-hybridized carbons (Fsp3) is 0.138. The van der Waals surface area contributed by atoms with Crippen LogP contribution in [0.3, 0.4) is 0 Å². The van der Waals surface area contributed by atoms with Gasteiger partial charge >= 0.3 is 0 Å². The number of rotatable bonds is 8. The third kappa shape index (κ3) is 4.57. The van der Waals surface area contributed by atoms with Crippen LogP contribution in [0.4, 0.5) is 5.69 Å². The van der Waals surface area contributed by atoms with E-state index in [0.717, 1.165) is 28.1 Å². The lowest BCUT2D eigenvalue weighted by atomic mass is 9.69. The van der Waals surface area contributed by atoms with Crippen molar-refractivity contribution in [1.29, 1.82) is 0 Å². The molecular formula is C29H27NO2. The number of hydrogen-bond acceptors (Lipinski definition) is 2. The molecule has 0 fully saturated rings. The summed E-state index contributed by atoms with van der Waals surface area (Å²) in [7, 11) is 0. The second-order valence-corrected chi connectivity index (χ2v) is 7.71. The molecule has 0 saturated heterocycles. The standard InChI is InChI=1S/C29H27NO2/c1-2-32-27-20-18-26(19-21-27)30-28(31)29(24-14-8-4-9-15-24,25-16-10-5-11-17-25)22-23-12-6-3-7-13-23/h3-21H,2,22H2,1H3,(H,30,31). The number of hydrogen-bond donors (Lipinski definition) is 1. The summed E-state index contributed by atoms with van der Waals surface area (Å²) in [4.78, 5) is 14.1. The number of carbonyl (C=O) groups is 1. The molecule has 0 saturated carbocycles. The first-order chi connectivity index (χ1) is 15.7. The zero-order valence-electron chi connectivity index (χ0n) is 18.2. The minimum absolute atomic E-state index is 0.0667. The molecule has 4 rings (SSSR count). The average Bonchev–Trinajstić information content (AvgIpc) is 2.85. The van der Waals surface area contributed by atoms with Crippen molar-refractivity contribution in [3.8, 4) is 5.75 Å². The summed E-state index contributed by atoms with van der Waals surface area (Å²) < 4.78 is 5.54. The zero-order chi connectivity index (χ0) is 22.2. The van der Waals surface area contributed by atoms with Crippen LogP contribution in [0.2, 0.25) is 0 Å². The lowest BCUT2D eigenvalue weighted by Gasteiger charge is -2.34. The van der Waals surface area contributed by atoms with Crippen molar-refractivity contribution in [3.63, 3.8) is 0 Å². The molecule has 0 aliphatic heterocycles. The minimum atomic E-state index is -0.886. The van der Waals surface area contributed by atoms with Crippen LogP contribution in [0, 0.1) is 0 Å². The van der Waals surface area contributed by atoms with Gasteiger partial charge in [-0.2, -0.15) is 0 Å². The lowest BCUT2D eigenvalue weighted by molar-refractivity contribution is -0.120. The zero-order valence-corrected chi connectivity index (χ0v) is 18.2. The highest BCUT2D eigenvalue weighted by Gasteiger charge is 2.42. The molecule has 0 unspecified atom stereocenters. The van der Waals surface area contributed by atoms with E-state index in [1.807, 2.05) is 110 Å². The monoisotopic (exact) mass is 421 g/mol. The Kier molecular flexibility index (Phi) is 6.66. The van der Waals surface area contributed by atoms with Crippen LogP contribution in [0.15, 0.2) is 115 Å². The molecular weight excluding hydrogens is 394 g/mol. The van der Waals surface area contributed by atoms with Gasteiger partial charge in [-0.15, -0.1) is 0 Å². The topological polar surface area (TPSA) is 38.3 Å². The van der Waals surface area contributed by atoms with E-state index in [1.54, 1.807) is 0 Å². The molecule has 160 valence electrons. The fourth-order valence-electron chi connectivity index (χ4n) is 4.10. The summed E-state index contributed by atoms with van der Waals surface area (Å²) >= 11 is 0. The van der Waals surface area contributed by atoms with Gasteiger partial charge in [0, 0.05) is 5.69 Å². The fourth-order valence-corrected chi connectivity index (χ4v) is 4.10. The summed E-state index contributed by atoms with van der Waals surface area (Å²) in [6.07, 6.45) is 0.546. The van der Waals surface area contributed by atoms with Gasteiger partial charge in [0.1, 0.15) is 11.2 Å². The average molecular weight is 422 g/mol. The van der Waals surface area contributed by atoms with Crippen LogP contribution in [0.25, 0.3) is 0 Å². The Morgan fingerprint density at radius 3 is 1.72 bits per heavy atom. The van der Waals surface area contributed by atoms with Gasteiger partial charge in [-0.25, -0.2) is 0 Å². The van der Waals surface area contributed by atoms with Gasteiger partial charge in [0.05, 0.1) is 6.61 Å². The minimum Gasteiger partial charge on any atom is -0.494 e. The summed E-state index contributed by atoms with van der Waals surface area (Å²) in [5.74, 6) is 0.718. The molecule has 1 amide bonds. The second-order valence-electron chi connectivity index (χ2n) is 7.71. The highest BCUT2D eigenvalue weighted by molar-refractivity contribution is 6.02. The van der Waals surface area contributed by atoms with Crippen LogP contribution >= 0.6 is 0 Å². The Labute approximate surface area is 189 Å². The first-order valence-electron chi connectivity index (χ1n) is 10.9. The van der Waals surface area contributed by atoms with Crippen LogP contribution < -0.4 is 10.1 Å². The Morgan fingerprint density at radius 2 is 1.22 bits per heavy atom. The van der Waals surface area contributed by atoms with E-state index >= 15 is 0 Å². The summed E-state index contributed by atoms with van der Waals surface area (Å²) in [6.45, 7) is 2.56. The third-order valence-corrected chi connectivity index (χ3v) is 5.66.